The summed E-state index contributed by atoms with van der Waals surface area (Å²) in [7, 11) is 0. The fraction of sp³-hybridized carbons (Fsp3) is 0.353. The van der Waals surface area contributed by atoms with Crippen LogP contribution in [0.3, 0.4) is 0 Å². The smallest absolute Gasteiger partial charge is 0.322 e. The number of carbonyl (C=O) groups is 1. The number of nitrogens with one attached hydrogen (secondary N) is 1. The Morgan fingerprint density at radius 1 is 1.14 bits per heavy atom. The summed E-state index contributed by atoms with van der Waals surface area (Å²) < 4.78 is 0. The number of aliphatic hydroxyl groups excluding tert-OH is 1. The number of fused-ring (bicyclic) bond motifs is 1. The van der Waals surface area contributed by atoms with Gasteiger partial charge in [-0.25, -0.2) is 4.79 Å². The molecule has 2 aromatic carbocycles. The second-order valence-electron chi connectivity index (χ2n) is 5.59. The highest BCUT2D eigenvalue weighted by Gasteiger charge is 2.18. The highest BCUT2D eigenvalue weighted by Crippen LogP contribution is 2.19. The van der Waals surface area contributed by atoms with E-state index in [-0.39, 0.29) is 12.1 Å². The van der Waals surface area contributed by atoms with Gasteiger partial charge in [0.05, 0.1) is 6.10 Å². The molecule has 0 aliphatic heterocycles. The van der Waals surface area contributed by atoms with Crippen LogP contribution in [0.2, 0.25) is 0 Å². The molecule has 0 bridgehead atoms. The second-order valence-corrected chi connectivity index (χ2v) is 5.59. The number of hydrogen-bond acceptors (Lipinski definition) is 2. The molecule has 1 unspecified atom stereocenters. The lowest BCUT2D eigenvalue weighted by Crippen LogP contribution is -2.43. The number of amides is 2. The minimum Gasteiger partial charge on any atom is -0.392 e. The molecule has 1 atom stereocenters. The standard InChI is InChI=1S/C17H22N2O2/c1-12(2)19(11-13(3)20)17(21)18-16-9-8-14-6-4-5-7-15(14)10-16/h4-10,12-13,20H,11H2,1-3H3,(H,18,21). The fourth-order valence-corrected chi connectivity index (χ4v) is 2.28. The molecule has 0 radical (unpaired) electrons. The molecule has 0 aliphatic rings. The summed E-state index contributed by atoms with van der Waals surface area (Å²) in [5.41, 5.74) is 0.759. The van der Waals surface area contributed by atoms with Crippen molar-refractivity contribution < 1.29 is 9.90 Å². The third-order valence-corrected chi connectivity index (χ3v) is 3.35. The van der Waals surface area contributed by atoms with E-state index < -0.39 is 6.10 Å². The highest BCUT2D eigenvalue weighted by molar-refractivity contribution is 5.93. The van der Waals surface area contributed by atoms with E-state index in [1.807, 2.05) is 56.3 Å². The zero-order chi connectivity index (χ0) is 15.4. The quantitative estimate of drug-likeness (QED) is 0.904. The largest absolute Gasteiger partial charge is 0.392 e. The summed E-state index contributed by atoms with van der Waals surface area (Å²) in [6.07, 6.45) is -0.547. The minimum absolute atomic E-state index is 0.0278. The van der Waals surface area contributed by atoms with Crippen molar-refractivity contribution in [3.05, 3.63) is 42.5 Å². The first-order valence-corrected chi connectivity index (χ1v) is 7.22. The first-order chi connectivity index (χ1) is 9.97. The molecule has 2 rings (SSSR count). The minimum atomic E-state index is -0.547. The Bertz CT molecular complexity index is 623. The van der Waals surface area contributed by atoms with Crippen molar-refractivity contribution in [1.82, 2.24) is 4.90 Å². The third-order valence-electron chi connectivity index (χ3n) is 3.35. The number of benzene rings is 2. The maximum Gasteiger partial charge on any atom is 0.322 e. The van der Waals surface area contributed by atoms with Gasteiger partial charge in [-0.2, -0.15) is 0 Å². The van der Waals surface area contributed by atoms with Gasteiger partial charge >= 0.3 is 6.03 Å². The van der Waals surface area contributed by atoms with Crippen molar-refractivity contribution in [3.8, 4) is 0 Å². The van der Waals surface area contributed by atoms with Gasteiger partial charge in [0.25, 0.3) is 0 Å². The van der Waals surface area contributed by atoms with Gasteiger partial charge in [0, 0.05) is 18.3 Å². The molecule has 0 aliphatic carbocycles. The maximum atomic E-state index is 12.3. The number of urea groups is 1. The maximum absolute atomic E-state index is 12.3. The van der Waals surface area contributed by atoms with Crippen LogP contribution in [0.4, 0.5) is 10.5 Å². The fourth-order valence-electron chi connectivity index (χ4n) is 2.28. The van der Waals surface area contributed by atoms with Gasteiger partial charge in [-0.3, -0.25) is 0 Å². The van der Waals surface area contributed by atoms with E-state index in [0.717, 1.165) is 16.5 Å². The number of nitrogens with zero attached hydrogens (tertiary/aromatic N) is 1. The lowest BCUT2D eigenvalue weighted by atomic mass is 10.1. The zero-order valence-electron chi connectivity index (χ0n) is 12.7. The predicted octanol–water partition coefficient (Wildman–Crippen LogP) is 3.46. The molecule has 0 fully saturated rings. The number of aliphatic hydroxyl groups is 1. The first kappa shape index (κ1) is 15.3. The summed E-state index contributed by atoms with van der Waals surface area (Å²) in [6, 6.07) is 13.7. The Labute approximate surface area is 125 Å². The number of hydrogen-bond donors (Lipinski definition) is 2. The summed E-state index contributed by atoms with van der Waals surface area (Å²) in [6.45, 7) is 5.86. The van der Waals surface area contributed by atoms with E-state index in [0.29, 0.717) is 6.54 Å². The monoisotopic (exact) mass is 286 g/mol. The molecule has 112 valence electrons. The van der Waals surface area contributed by atoms with Crippen LogP contribution < -0.4 is 5.32 Å². The molecule has 4 nitrogen and oxygen atoms in total. The third kappa shape index (κ3) is 3.95. The van der Waals surface area contributed by atoms with Crippen LogP contribution in [0.15, 0.2) is 42.5 Å². The van der Waals surface area contributed by atoms with E-state index in [4.69, 9.17) is 0 Å². The van der Waals surface area contributed by atoms with Crippen LogP contribution >= 0.6 is 0 Å². The molecule has 0 spiro atoms. The van der Waals surface area contributed by atoms with Gasteiger partial charge in [-0.05, 0) is 43.7 Å². The Morgan fingerprint density at radius 2 is 1.81 bits per heavy atom. The van der Waals surface area contributed by atoms with Crippen LogP contribution in [0.5, 0.6) is 0 Å². The lowest BCUT2D eigenvalue weighted by Gasteiger charge is -2.28. The van der Waals surface area contributed by atoms with E-state index in [1.54, 1.807) is 11.8 Å². The number of anilines is 1. The normalized spacial score (nSPS) is 12.4. The van der Waals surface area contributed by atoms with Crippen molar-refractivity contribution >= 4 is 22.5 Å². The van der Waals surface area contributed by atoms with Gasteiger partial charge in [0.15, 0.2) is 0 Å². The van der Waals surface area contributed by atoms with Crippen molar-refractivity contribution in [3.63, 3.8) is 0 Å². The van der Waals surface area contributed by atoms with Gasteiger partial charge < -0.3 is 15.3 Å². The van der Waals surface area contributed by atoms with Gasteiger partial charge in [-0.1, -0.05) is 30.3 Å². The average molecular weight is 286 g/mol. The van der Waals surface area contributed by atoms with Crippen LogP contribution in [0, 0.1) is 0 Å². The Morgan fingerprint density at radius 3 is 2.43 bits per heavy atom. The van der Waals surface area contributed by atoms with Crippen LogP contribution in [-0.4, -0.2) is 34.7 Å². The Balaban J connectivity index is 2.15. The van der Waals surface area contributed by atoms with Crippen molar-refractivity contribution in [1.29, 1.82) is 0 Å². The Kier molecular flexibility index (Phi) is 4.81. The van der Waals surface area contributed by atoms with Gasteiger partial charge in [-0.15, -0.1) is 0 Å². The summed E-state index contributed by atoms with van der Waals surface area (Å²) in [4.78, 5) is 14.0. The molecule has 0 saturated heterocycles. The SMILES string of the molecule is CC(O)CN(C(=O)Nc1ccc2ccccc2c1)C(C)C. The van der Waals surface area contributed by atoms with Gasteiger partial charge in [0.2, 0.25) is 0 Å². The van der Waals surface area contributed by atoms with E-state index >= 15 is 0 Å². The van der Waals surface area contributed by atoms with Crippen LogP contribution in [0.1, 0.15) is 20.8 Å². The lowest BCUT2D eigenvalue weighted by molar-refractivity contribution is 0.125. The molecular weight excluding hydrogens is 264 g/mol. The summed E-state index contributed by atoms with van der Waals surface area (Å²) in [5, 5.41) is 14.6. The first-order valence-electron chi connectivity index (χ1n) is 7.22. The molecule has 2 aromatic rings. The van der Waals surface area contributed by atoms with Crippen LogP contribution in [-0.2, 0) is 0 Å². The molecule has 21 heavy (non-hydrogen) atoms. The molecule has 2 amide bonds. The second kappa shape index (κ2) is 6.59. The van der Waals surface area contributed by atoms with E-state index in [2.05, 4.69) is 5.32 Å². The molecular formula is C17H22N2O2. The molecule has 4 heteroatoms. The number of rotatable bonds is 4. The highest BCUT2D eigenvalue weighted by atomic mass is 16.3. The predicted molar refractivity (Wildman–Crippen MR) is 86.5 cm³/mol. The Hall–Kier alpha value is -2.07. The van der Waals surface area contributed by atoms with E-state index in [1.165, 1.54) is 0 Å². The van der Waals surface area contributed by atoms with E-state index in [9.17, 15) is 9.90 Å². The van der Waals surface area contributed by atoms with Crippen molar-refractivity contribution in [2.75, 3.05) is 11.9 Å². The summed E-state index contributed by atoms with van der Waals surface area (Å²) in [5.74, 6) is 0. The topological polar surface area (TPSA) is 52.6 Å². The molecule has 0 aromatic heterocycles. The van der Waals surface area contributed by atoms with Gasteiger partial charge in [0.1, 0.15) is 0 Å². The molecule has 0 saturated carbocycles. The van der Waals surface area contributed by atoms with Crippen molar-refractivity contribution in [2.24, 2.45) is 0 Å². The molecule has 0 heterocycles. The van der Waals surface area contributed by atoms with Crippen LogP contribution in [0.25, 0.3) is 10.8 Å². The van der Waals surface area contributed by atoms with Crippen molar-refractivity contribution in [2.45, 2.75) is 32.9 Å². The summed E-state index contributed by atoms with van der Waals surface area (Å²) >= 11 is 0. The number of carbonyl (C=O) groups excluding carboxylic acids is 1. The zero-order valence-corrected chi connectivity index (χ0v) is 12.7. The average Bonchev–Trinajstić information content (AvgIpc) is 2.44. The molecule has 2 N–H and O–H groups in total.